The predicted octanol–water partition coefficient (Wildman–Crippen LogP) is 5.09. The van der Waals surface area contributed by atoms with Gasteiger partial charge in [0.1, 0.15) is 22.3 Å². The Hall–Kier alpha value is -2.91. The van der Waals surface area contributed by atoms with Crippen molar-refractivity contribution in [2.45, 2.75) is 66.0 Å². The average molecular weight is 527 g/mol. The van der Waals surface area contributed by atoms with E-state index < -0.39 is 6.10 Å². The molecule has 1 aliphatic rings. The third kappa shape index (κ3) is 5.99. The van der Waals surface area contributed by atoms with E-state index in [2.05, 4.69) is 18.8 Å². The van der Waals surface area contributed by atoms with E-state index in [1.54, 1.807) is 21.9 Å². The first-order valence-corrected chi connectivity index (χ1v) is 13.5. The van der Waals surface area contributed by atoms with Gasteiger partial charge in [-0.05, 0) is 60.6 Å². The molecule has 0 bridgehead atoms. The topological polar surface area (TPSA) is 86.6 Å². The number of rotatable bonds is 5. The molecule has 1 saturated heterocycles. The standard InChI is InChI=1S/C28H35FN4O3S/c1-16(2)20-13-21(18-7-9-19(29)10-8-18)30-24-23(20)31-25(37-24)27(36)32-11-12-33(17(3)15-32)26(35)22(34)14-28(4,5)6/h7-10,13,16-17,22,34H,11-12,14-15H2,1-6H3/t17-,22+/m0/s1. The van der Waals surface area contributed by atoms with Gasteiger partial charge in [0, 0.05) is 31.2 Å². The Morgan fingerprint density at radius 2 is 1.84 bits per heavy atom. The van der Waals surface area contributed by atoms with Crippen LogP contribution in [0.2, 0.25) is 0 Å². The van der Waals surface area contributed by atoms with Crippen LogP contribution in [0.4, 0.5) is 4.39 Å². The minimum atomic E-state index is -1.05. The molecule has 4 rings (SSSR count). The van der Waals surface area contributed by atoms with Crippen molar-refractivity contribution in [3.63, 3.8) is 0 Å². The summed E-state index contributed by atoms with van der Waals surface area (Å²) in [5.41, 5.74) is 3.04. The van der Waals surface area contributed by atoms with E-state index in [4.69, 9.17) is 4.98 Å². The third-order valence-corrected chi connectivity index (χ3v) is 7.57. The maximum absolute atomic E-state index is 13.4. The summed E-state index contributed by atoms with van der Waals surface area (Å²) in [5.74, 6) is -0.619. The van der Waals surface area contributed by atoms with Crippen molar-refractivity contribution in [1.82, 2.24) is 19.8 Å². The molecule has 2 atom stereocenters. The van der Waals surface area contributed by atoms with E-state index in [0.29, 0.717) is 47.1 Å². The maximum Gasteiger partial charge on any atom is 0.283 e. The van der Waals surface area contributed by atoms with Crippen molar-refractivity contribution < 1.29 is 19.1 Å². The fourth-order valence-electron chi connectivity index (χ4n) is 4.70. The number of hydrogen-bond acceptors (Lipinski definition) is 6. The van der Waals surface area contributed by atoms with Crippen LogP contribution in [-0.4, -0.2) is 68.5 Å². The minimum absolute atomic E-state index is 0.156. The quantitative estimate of drug-likeness (QED) is 0.500. The summed E-state index contributed by atoms with van der Waals surface area (Å²) in [6.07, 6.45) is -0.668. The summed E-state index contributed by atoms with van der Waals surface area (Å²) in [6, 6.07) is 7.95. The van der Waals surface area contributed by atoms with Crippen molar-refractivity contribution in [2.75, 3.05) is 19.6 Å². The second-order valence-corrected chi connectivity index (χ2v) is 12.3. The molecule has 1 aliphatic heterocycles. The first-order chi connectivity index (χ1) is 17.3. The third-order valence-electron chi connectivity index (χ3n) is 6.63. The Bertz CT molecular complexity index is 1300. The van der Waals surface area contributed by atoms with Gasteiger partial charge in [-0.3, -0.25) is 9.59 Å². The molecule has 9 heteroatoms. The minimum Gasteiger partial charge on any atom is -0.383 e. The van der Waals surface area contributed by atoms with Crippen molar-refractivity contribution in [3.8, 4) is 11.3 Å². The van der Waals surface area contributed by atoms with Crippen LogP contribution in [0.15, 0.2) is 30.3 Å². The van der Waals surface area contributed by atoms with Gasteiger partial charge >= 0.3 is 0 Å². The van der Waals surface area contributed by atoms with Crippen molar-refractivity contribution in [2.24, 2.45) is 5.41 Å². The number of piperazine rings is 1. The van der Waals surface area contributed by atoms with E-state index in [1.165, 1.54) is 23.5 Å². The highest BCUT2D eigenvalue weighted by atomic mass is 32.1. The highest BCUT2D eigenvalue weighted by molar-refractivity contribution is 7.19. The zero-order valence-corrected chi connectivity index (χ0v) is 23.1. The fourth-order valence-corrected chi connectivity index (χ4v) is 5.64. The molecule has 2 amide bonds. The van der Waals surface area contributed by atoms with Crippen LogP contribution in [0.1, 0.15) is 69.2 Å². The lowest BCUT2D eigenvalue weighted by molar-refractivity contribution is -0.145. The molecule has 198 valence electrons. The lowest BCUT2D eigenvalue weighted by Crippen LogP contribution is -2.57. The summed E-state index contributed by atoms with van der Waals surface area (Å²) in [7, 11) is 0. The molecule has 0 spiro atoms. The average Bonchev–Trinajstić information content (AvgIpc) is 3.26. The molecule has 3 aromatic rings. The highest BCUT2D eigenvalue weighted by Gasteiger charge is 2.35. The largest absolute Gasteiger partial charge is 0.383 e. The molecular formula is C28H35FN4O3S. The number of hydrogen-bond donors (Lipinski definition) is 1. The van der Waals surface area contributed by atoms with E-state index in [0.717, 1.165) is 11.1 Å². The Labute approximate surface area is 221 Å². The number of aliphatic hydroxyl groups is 1. The number of pyridine rings is 1. The molecule has 37 heavy (non-hydrogen) atoms. The summed E-state index contributed by atoms with van der Waals surface area (Å²) in [5, 5.41) is 10.8. The lowest BCUT2D eigenvalue weighted by atomic mass is 9.88. The zero-order chi connectivity index (χ0) is 27.1. The number of carbonyl (C=O) groups excluding carboxylic acids is 2. The summed E-state index contributed by atoms with van der Waals surface area (Å²) in [6.45, 7) is 13.1. The molecule has 1 aromatic carbocycles. The molecule has 0 unspecified atom stereocenters. The van der Waals surface area contributed by atoms with E-state index in [1.807, 2.05) is 33.8 Å². The number of carbonyl (C=O) groups is 2. The Balaban J connectivity index is 1.55. The molecule has 0 saturated carbocycles. The highest BCUT2D eigenvalue weighted by Crippen LogP contribution is 2.33. The fraction of sp³-hybridized carbons (Fsp3) is 0.500. The molecule has 7 nitrogen and oxygen atoms in total. The Morgan fingerprint density at radius 3 is 2.43 bits per heavy atom. The summed E-state index contributed by atoms with van der Waals surface area (Å²) in [4.78, 5) is 39.8. The number of benzene rings is 1. The summed E-state index contributed by atoms with van der Waals surface area (Å²) < 4.78 is 13.4. The van der Waals surface area contributed by atoms with Gasteiger partial charge in [-0.1, -0.05) is 46.0 Å². The monoisotopic (exact) mass is 526 g/mol. The Morgan fingerprint density at radius 1 is 1.16 bits per heavy atom. The van der Waals surface area contributed by atoms with Gasteiger partial charge in [0.05, 0.1) is 5.69 Å². The van der Waals surface area contributed by atoms with Gasteiger partial charge in [-0.15, -0.1) is 0 Å². The number of fused-ring (bicyclic) bond motifs is 1. The SMILES string of the molecule is CC(C)c1cc(-c2ccc(F)cc2)nc2sc(C(=O)N3CCN(C(=O)[C@H](O)CC(C)(C)C)[C@@H](C)C3)nc12. The van der Waals surface area contributed by atoms with E-state index >= 15 is 0 Å². The van der Waals surface area contributed by atoms with Crippen LogP contribution in [-0.2, 0) is 4.79 Å². The molecule has 0 aliphatic carbocycles. The first-order valence-electron chi connectivity index (χ1n) is 12.7. The van der Waals surface area contributed by atoms with E-state index in [-0.39, 0.29) is 35.0 Å². The second-order valence-electron chi connectivity index (χ2n) is 11.3. The zero-order valence-electron chi connectivity index (χ0n) is 22.3. The van der Waals surface area contributed by atoms with Crippen LogP contribution >= 0.6 is 11.3 Å². The van der Waals surface area contributed by atoms with Gasteiger partial charge in [0.2, 0.25) is 0 Å². The second kappa shape index (κ2) is 10.5. The predicted molar refractivity (Wildman–Crippen MR) is 144 cm³/mol. The molecule has 1 N–H and O–H groups in total. The van der Waals surface area contributed by atoms with Crippen molar-refractivity contribution >= 4 is 33.5 Å². The number of halogens is 1. The molecule has 0 radical (unpaired) electrons. The number of aliphatic hydroxyl groups excluding tert-OH is 1. The van der Waals surface area contributed by atoms with Gasteiger partial charge in [0.15, 0.2) is 5.01 Å². The van der Waals surface area contributed by atoms with Crippen LogP contribution in [0.3, 0.4) is 0 Å². The van der Waals surface area contributed by atoms with Gasteiger partial charge < -0.3 is 14.9 Å². The van der Waals surface area contributed by atoms with Crippen LogP contribution in [0.25, 0.3) is 21.6 Å². The summed E-state index contributed by atoms with van der Waals surface area (Å²) >= 11 is 1.25. The van der Waals surface area contributed by atoms with Gasteiger partial charge in [0.25, 0.3) is 11.8 Å². The first kappa shape index (κ1) is 27.1. The normalized spacial score (nSPS) is 17.5. The molecule has 1 fully saturated rings. The van der Waals surface area contributed by atoms with Crippen LogP contribution in [0.5, 0.6) is 0 Å². The number of amides is 2. The van der Waals surface area contributed by atoms with Crippen molar-refractivity contribution in [1.29, 1.82) is 0 Å². The smallest absolute Gasteiger partial charge is 0.283 e. The van der Waals surface area contributed by atoms with Gasteiger partial charge in [-0.2, -0.15) is 0 Å². The number of aromatic nitrogens is 2. The maximum atomic E-state index is 13.4. The van der Waals surface area contributed by atoms with Crippen LogP contribution in [0, 0.1) is 11.2 Å². The van der Waals surface area contributed by atoms with E-state index in [9.17, 15) is 19.1 Å². The van der Waals surface area contributed by atoms with Crippen LogP contribution < -0.4 is 0 Å². The molecular weight excluding hydrogens is 491 g/mol. The number of nitrogens with zero attached hydrogens (tertiary/aromatic N) is 4. The van der Waals surface area contributed by atoms with Crippen molar-refractivity contribution in [3.05, 3.63) is 46.7 Å². The molecule has 2 aromatic heterocycles. The number of thiazole rings is 1. The Kier molecular flexibility index (Phi) is 7.67. The molecule has 3 heterocycles. The lowest BCUT2D eigenvalue weighted by Gasteiger charge is -2.40. The van der Waals surface area contributed by atoms with Gasteiger partial charge in [-0.25, -0.2) is 14.4 Å².